The maximum Gasteiger partial charge on any atom is 0.0804 e. The van der Waals surface area contributed by atoms with E-state index in [-0.39, 0.29) is 5.60 Å². The maximum atomic E-state index is 6.24. The Bertz CT molecular complexity index is 439. The molecule has 2 rings (SSSR count). The summed E-state index contributed by atoms with van der Waals surface area (Å²) in [6.45, 7) is 8.40. The Morgan fingerprint density at radius 1 is 1.38 bits per heavy atom. The zero-order valence-corrected chi connectivity index (χ0v) is 14.1. The molecule has 1 saturated carbocycles. The first-order valence-electron chi connectivity index (χ1n) is 8.17. The van der Waals surface area contributed by atoms with E-state index >= 15 is 0 Å². The van der Waals surface area contributed by atoms with Crippen molar-refractivity contribution in [2.24, 2.45) is 24.1 Å². The number of hydrogen-bond acceptors (Lipinski definition) is 3. The Kier molecular flexibility index (Phi) is 5.10. The second kappa shape index (κ2) is 6.49. The highest BCUT2D eigenvalue weighted by Gasteiger charge is 2.38. The number of ether oxygens (including phenoxy) is 1. The van der Waals surface area contributed by atoms with Gasteiger partial charge < -0.3 is 10.5 Å². The monoisotopic (exact) mass is 293 g/mol. The van der Waals surface area contributed by atoms with Crippen LogP contribution in [0.2, 0.25) is 0 Å². The van der Waals surface area contributed by atoms with E-state index in [0.717, 1.165) is 31.8 Å². The minimum Gasteiger partial charge on any atom is -0.373 e. The molecule has 120 valence electrons. The van der Waals surface area contributed by atoms with Gasteiger partial charge in [-0.15, -0.1) is 0 Å². The summed E-state index contributed by atoms with van der Waals surface area (Å²) in [5.41, 5.74) is 7.55. The van der Waals surface area contributed by atoms with Gasteiger partial charge in [-0.25, -0.2) is 0 Å². The Balaban J connectivity index is 1.84. The summed E-state index contributed by atoms with van der Waals surface area (Å²) in [7, 11) is 1.97. The predicted octanol–water partition coefficient (Wildman–Crippen LogP) is 2.91. The second-order valence-corrected chi connectivity index (χ2v) is 7.57. The van der Waals surface area contributed by atoms with Crippen molar-refractivity contribution >= 4 is 0 Å². The van der Waals surface area contributed by atoms with Crippen LogP contribution in [0, 0.1) is 11.3 Å². The van der Waals surface area contributed by atoms with E-state index in [4.69, 9.17) is 10.5 Å². The molecule has 0 radical (unpaired) electrons. The van der Waals surface area contributed by atoms with E-state index < -0.39 is 0 Å². The highest BCUT2D eigenvalue weighted by molar-refractivity contribution is 5.00. The number of rotatable bonds is 5. The first kappa shape index (κ1) is 16.5. The van der Waals surface area contributed by atoms with Crippen LogP contribution in [0.3, 0.4) is 0 Å². The molecule has 1 fully saturated rings. The molecular weight excluding hydrogens is 262 g/mol. The normalized spacial score (nSPS) is 27.0. The van der Waals surface area contributed by atoms with Crippen LogP contribution in [0.15, 0.2) is 12.3 Å². The van der Waals surface area contributed by atoms with Crippen LogP contribution < -0.4 is 5.73 Å². The molecule has 1 aromatic heterocycles. The number of nitrogens with zero attached hydrogens (tertiary/aromatic N) is 2. The molecule has 4 nitrogen and oxygen atoms in total. The number of hydrogen-bond donors (Lipinski definition) is 1. The Hall–Kier alpha value is -0.870. The molecule has 0 atom stereocenters. The van der Waals surface area contributed by atoms with E-state index in [0.29, 0.717) is 12.0 Å². The fraction of sp³-hybridized carbons (Fsp3) is 0.824. The standard InChI is InChI=1S/C17H31N3O/c1-16(2,3)14-5-9-17(13-18,10-6-14)21-12-8-15-7-11-19-20(15)4/h7,11,14H,5-6,8-10,12-13,18H2,1-4H3. The predicted molar refractivity (Wildman–Crippen MR) is 86.1 cm³/mol. The van der Waals surface area contributed by atoms with Crippen molar-refractivity contribution in [1.82, 2.24) is 9.78 Å². The van der Waals surface area contributed by atoms with Crippen LogP contribution in [-0.2, 0) is 18.2 Å². The molecule has 0 spiro atoms. The van der Waals surface area contributed by atoms with Crippen LogP contribution in [-0.4, -0.2) is 28.5 Å². The van der Waals surface area contributed by atoms with Gasteiger partial charge in [0.25, 0.3) is 0 Å². The molecule has 0 amide bonds. The highest BCUT2D eigenvalue weighted by atomic mass is 16.5. The SMILES string of the molecule is Cn1nccc1CCOC1(CN)CCC(C(C)(C)C)CC1. The molecule has 0 unspecified atom stereocenters. The highest BCUT2D eigenvalue weighted by Crippen LogP contribution is 2.42. The van der Waals surface area contributed by atoms with Gasteiger partial charge in [-0.3, -0.25) is 4.68 Å². The number of aryl methyl sites for hydroxylation is 1. The van der Waals surface area contributed by atoms with E-state index in [9.17, 15) is 0 Å². The number of nitrogens with two attached hydrogens (primary N) is 1. The molecule has 2 N–H and O–H groups in total. The van der Waals surface area contributed by atoms with Gasteiger partial charge in [-0.05, 0) is 43.1 Å². The molecule has 0 bridgehead atoms. The molecule has 21 heavy (non-hydrogen) atoms. The molecule has 0 aliphatic heterocycles. The van der Waals surface area contributed by atoms with Crippen LogP contribution in [0.5, 0.6) is 0 Å². The van der Waals surface area contributed by atoms with Crippen molar-refractivity contribution in [3.05, 3.63) is 18.0 Å². The van der Waals surface area contributed by atoms with Crippen molar-refractivity contribution in [2.75, 3.05) is 13.2 Å². The first-order valence-corrected chi connectivity index (χ1v) is 8.17. The van der Waals surface area contributed by atoms with Crippen LogP contribution in [0.4, 0.5) is 0 Å². The molecule has 1 aliphatic carbocycles. The van der Waals surface area contributed by atoms with Gasteiger partial charge in [0.2, 0.25) is 0 Å². The third kappa shape index (κ3) is 4.07. The van der Waals surface area contributed by atoms with Crippen molar-refractivity contribution in [1.29, 1.82) is 0 Å². The molecule has 1 heterocycles. The van der Waals surface area contributed by atoms with E-state index in [2.05, 4.69) is 31.9 Å². The lowest BCUT2D eigenvalue weighted by atomic mass is 9.68. The zero-order valence-electron chi connectivity index (χ0n) is 14.1. The molecule has 1 aliphatic rings. The Labute approximate surface area is 129 Å². The summed E-state index contributed by atoms with van der Waals surface area (Å²) in [5, 5.41) is 4.19. The van der Waals surface area contributed by atoms with Gasteiger partial charge in [0.1, 0.15) is 0 Å². The lowest BCUT2D eigenvalue weighted by Gasteiger charge is -2.43. The lowest BCUT2D eigenvalue weighted by molar-refractivity contribution is -0.0788. The summed E-state index contributed by atoms with van der Waals surface area (Å²) in [6, 6.07) is 2.05. The maximum absolute atomic E-state index is 6.24. The van der Waals surface area contributed by atoms with Gasteiger partial charge in [-0.1, -0.05) is 20.8 Å². The minimum atomic E-state index is -0.0969. The fourth-order valence-corrected chi connectivity index (χ4v) is 3.44. The van der Waals surface area contributed by atoms with Crippen LogP contribution in [0.1, 0.15) is 52.1 Å². The molecule has 1 aromatic rings. The van der Waals surface area contributed by atoms with Gasteiger partial charge in [0.15, 0.2) is 0 Å². The lowest BCUT2D eigenvalue weighted by Crippen LogP contribution is -2.46. The fourth-order valence-electron chi connectivity index (χ4n) is 3.44. The Morgan fingerprint density at radius 3 is 2.52 bits per heavy atom. The smallest absolute Gasteiger partial charge is 0.0804 e. The third-order valence-corrected chi connectivity index (χ3v) is 5.18. The van der Waals surface area contributed by atoms with Gasteiger partial charge in [-0.2, -0.15) is 5.10 Å². The quantitative estimate of drug-likeness (QED) is 0.908. The average molecular weight is 293 g/mol. The average Bonchev–Trinajstić information content (AvgIpc) is 2.84. The number of aromatic nitrogens is 2. The molecule has 0 saturated heterocycles. The summed E-state index contributed by atoms with van der Waals surface area (Å²) >= 11 is 0. The molecule has 4 heteroatoms. The minimum absolute atomic E-state index is 0.0969. The van der Waals surface area contributed by atoms with Gasteiger partial charge in [0, 0.05) is 31.9 Å². The van der Waals surface area contributed by atoms with E-state index in [1.54, 1.807) is 0 Å². The topological polar surface area (TPSA) is 53.1 Å². The van der Waals surface area contributed by atoms with E-state index in [1.165, 1.54) is 18.5 Å². The van der Waals surface area contributed by atoms with Crippen LogP contribution in [0.25, 0.3) is 0 Å². The van der Waals surface area contributed by atoms with Crippen molar-refractivity contribution < 1.29 is 4.74 Å². The summed E-state index contributed by atoms with van der Waals surface area (Å²) in [6.07, 6.45) is 7.38. The van der Waals surface area contributed by atoms with Crippen LogP contribution >= 0.6 is 0 Å². The van der Waals surface area contributed by atoms with Crippen molar-refractivity contribution in [3.63, 3.8) is 0 Å². The zero-order chi connectivity index (χ0) is 15.5. The van der Waals surface area contributed by atoms with Gasteiger partial charge in [0.05, 0.1) is 12.2 Å². The van der Waals surface area contributed by atoms with Crippen molar-refractivity contribution in [3.8, 4) is 0 Å². The summed E-state index contributed by atoms with van der Waals surface area (Å²) in [5.74, 6) is 0.790. The second-order valence-electron chi connectivity index (χ2n) is 7.57. The molecule has 0 aromatic carbocycles. The van der Waals surface area contributed by atoms with Gasteiger partial charge >= 0.3 is 0 Å². The molecular formula is C17H31N3O. The summed E-state index contributed by atoms with van der Waals surface area (Å²) < 4.78 is 8.15. The largest absolute Gasteiger partial charge is 0.373 e. The van der Waals surface area contributed by atoms with E-state index in [1.807, 2.05) is 17.9 Å². The Morgan fingerprint density at radius 2 is 2.05 bits per heavy atom. The summed E-state index contributed by atoms with van der Waals surface area (Å²) in [4.78, 5) is 0. The van der Waals surface area contributed by atoms with Crippen molar-refractivity contribution in [2.45, 2.75) is 58.5 Å². The first-order chi connectivity index (χ1) is 9.86. The third-order valence-electron chi connectivity index (χ3n) is 5.18.